The number of phenolic OH excluding ortho intramolecular Hbond substituents is 1. The molecule has 0 saturated heterocycles. The zero-order chi connectivity index (χ0) is 22.4. The fourth-order valence-corrected chi connectivity index (χ4v) is 3.83. The second-order valence-electron chi connectivity index (χ2n) is 10.2. The Morgan fingerprint density at radius 1 is 1.10 bits per heavy atom. The molecule has 160 valence electrons. The van der Waals surface area contributed by atoms with Gasteiger partial charge in [-0.15, -0.1) is 0 Å². The summed E-state index contributed by atoms with van der Waals surface area (Å²) in [7, 11) is 0. The maximum absolute atomic E-state index is 13.2. The van der Waals surface area contributed by atoms with E-state index >= 15 is 0 Å². The minimum atomic E-state index is -0.294. The van der Waals surface area contributed by atoms with Gasteiger partial charge in [0, 0.05) is 34.5 Å². The molecule has 5 heteroatoms. The van der Waals surface area contributed by atoms with Gasteiger partial charge in [0.2, 0.25) is 0 Å². The number of nitrogens with one attached hydrogen (secondary N) is 1. The predicted molar refractivity (Wildman–Crippen MR) is 121 cm³/mol. The fourth-order valence-electron chi connectivity index (χ4n) is 3.83. The molecule has 0 fully saturated rings. The summed E-state index contributed by atoms with van der Waals surface area (Å²) in [6.07, 6.45) is 0.818. The van der Waals surface area contributed by atoms with Crippen molar-refractivity contribution in [2.75, 3.05) is 6.54 Å². The highest BCUT2D eigenvalue weighted by molar-refractivity contribution is 6.04. The number of carbonyl (C=O) groups excluding carboxylic acids is 1. The lowest BCUT2D eigenvalue weighted by Crippen LogP contribution is -2.31. The van der Waals surface area contributed by atoms with Crippen molar-refractivity contribution >= 4 is 11.6 Å². The van der Waals surface area contributed by atoms with E-state index in [0.29, 0.717) is 23.6 Å². The number of benzene rings is 1. The molecular weight excluding hydrogens is 374 g/mol. The number of pyridine rings is 1. The normalized spacial score (nSPS) is 14.2. The minimum absolute atomic E-state index is 0.0562. The summed E-state index contributed by atoms with van der Waals surface area (Å²) < 4.78 is 0. The van der Waals surface area contributed by atoms with Crippen LogP contribution in [0.5, 0.6) is 5.75 Å². The number of fused-ring (bicyclic) bond motifs is 1. The molecular formula is C25H33N3O2. The number of rotatable bonds is 4. The van der Waals surface area contributed by atoms with E-state index in [9.17, 15) is 9.90 Å². The van der Waals surface area contributed by atoms with Crippen molar-refractivity contribution in [3.05, 3.63) is 57.9 Å². The third-order valence-corrected chi connectivity index (χ3v) is 5.68. The number of phenols is 1. The summed E-state index contributed by atoms with van der Waals surface area (Å²) in [6, 6.07) is 7.62. The van der Waals surface area contributed by atoms with E-state index in [1.807, 2.05) is 72.7 Å². The van der Waals surface area contributed by atoms with Crippen molar-refractivity contribution in [1.29, 1.82) is 5.41 Å². The van der Waals surface area contributed by atoms with Gasteiger partial charge in [0.05, 0.1) is 6.54 Å². The Morgan fingerprint density at radius 2 is 1.67 bits per heavy atom. The summed E-state index contributed by atoms with van der Waals surface area (Å²) >= 11 is 0. The van der Waals surface area contributed by atoms with Crippen LogP contribution in [0, 0.1) is 5.41 Å². The van der Waals surface area contributed by atoms with Gasteiger partial charge in [-0.2, -0.15) is 0 Å². The summed E-state index contributed by atoms with van der Waals surface area (Å²) in [5.41, 5.74) is 4.15. The van der Waals surface area contributed by atoms with Crippen molar-refractivity contribution in [1.82, 2.24) is 9.88 Å². The highest BCUT2D eigenvalue weighted by Crippen LogP contribution is 2.40. The second-order valence-corrected chi connectivity index (χ2v) is 10.2. The standard InChI is InChI=1S/C25H33N3O2/c1-8-17-10-9-15-13-28(23(26)21(15)27-17)14-20(29)16-11-18(24(2,3)4)22(30)19(12-16)25(5,6)7/h9-12,26,30H,8,13-14H2,1-7H3. The molecule has 1 aromatic carbocycles. The monoisotopic (exact) mass is 407 g/mol. The number of ketones is 1. The Balaban J connectivity index is 1.93. The molecule has 2 N–H and O–H groups in total. The summed E-state index contributed by atoms with van der Waals surface area (Å²) in [4.78, 5) is 19.6. The van der Waals surface area contributed by atoms with Crippen LogP contribution in [0.3, 0.4) is 0 Å². The molecule has 0 saturated carbocycles. The van der Waals surface area contributed by atoms with Crippen LogP contribution in [-0.4, -0.2) is 33.2 Å². The van der Waals surface area contributed by atoms with E-state index in [1.165, 1.54) is 0 Å². The van der Waals surface area contributed by atoms with Crippen LogP contribution in [-0.2, 0) is 23.8 Å². The third kappa shape index (κ3) is 4.11. The van der Waals surface area contributed by atoms with Gasteiger partial charge in [0.15, 0.2) is 5.78 Å². The Morgan fingerprint density at radius 3 is 2.17 bits per heavy atom. The Kier molecular flexibility index (Phi) is 5.52. The lowest BCUT2D eigenvalue weighted by molar-refractivity contribution is 0.0962. The molecule has 30 heavy (non-hydrogen) atoms. The predicted octanol–water partition coefficient (Wildman–Crippen LogP) is 4.97. The average molecular weight is 408 g/mol. The number of Topliss-reactive ketones (excluding diaryl/α,β-unsaturated/α-hetero) is 1. The smallest absolute Gasteiger partial charge is 0.182 e. The lowest BCUT2D eigenvalue weighted by atomic mass is 9.78. The molecule has 1 aromatic heterocycles. The molecule has 0 unspecified atom stereocenters. The van der Waals surface area contributed by atoms with Crippen molar-refractivity contribution in [3.8, 4) is 5.75 Å². The highest BCUT2D eigenvalue weighted by Gasteiger charge is 2.30. The number of aromatic hydroxyl groups is 1. The van der Waals surface area contributed by atoms with E-state index < -0.39 is 0 Å². The Labute approximate surface area is 179 Å². The molecule has 1 aliphatic rings. The molecule has 2 heterocycles. The van der Waals surface area contributed by atoms with Crippen LogP contribution >= 0.6 is 0 Å². The maximum Gasteiger partial charge on any atom is 0.182 e. The number of aromatic nitrogens is 1. The van der Waals surface area contributed by atoms with Gasteiger partial charge < -0.3 is 10.0 Å². The zero-order valence-corrected chi connectivity index (χ0v) is 19.2. The van der Waals surface area contributed by atoms with Crippen molar-refractivity contribution in [2.45, 2.75) is 72.3 Å². The fraction of sp³-hybridized carbons (Fsp3) is 0.480. The second kappa shape index (κ2) is 7.53. The van der Waals surface area contributed by atoms with E-state index in [-0.39, 0.29) is 28.9 Å². The van der Waals surface area contributed by atoms with Crippen LogP contribution in [0.15, 0.2) is 24.3 Å². The molecule has 0 atom stereocenters. The van der Waals surface area contributed by atoms with E-state index in [0.717, 1.165) is 28.8 Å². The van der Waals surface area contributed by atoms with Gasteiger partial charge in [-0.25, -0.2) is 4.98 Å². The minimum Gasteiger partial charge on any atom is -0.507 e. The molecule has 0 radical (unpaired) electrons. The molecule has 0 spiro atoms. The van der Waals surface area contributed by atoms with Crippen LogP contribution in [0.4, 0.5) is 0 Å². The molecule has 1 aliphatic heterocycles. The molecule has 2 aromatic rings. The number of amidine groups is 1. The van der Waals surface area contributed by atoms with Crippen LogP contribution in [0.2, 0.25) is 0 Å². The van der Waals surface area contributed by atoms with Crippen molar-refractivity contribution < 1.29 is 9.90 Å². The van der Waals surface area contributed by atoms with Gasteiger partial charge in [0.1, 0.15) is 17.3 Å². The van der Waals surface area contributed by atoms with Gasteiger partial charge in [-0.1, -0.05) is 54.5 Å². The molecule has 0 bridgehead atoms. The first-order valence-corrected chi connectivity index (χ1v) is 10.6. The van der Waals surface area contributed by atoms with Crippen LogP contribution < -0.4 is 0 Å². The number of aryl methyl sites for hydroxylation is 1. The van der Waals surface area contributed by atoms with Crippen molar-refractivity contribution in [3.63, 3.8) is 0 Å². The Bertz CT molecular complexity index is 975. The number of hydrogen-bond acceptors (Lipinski definition) is 4. The Hall–Kier alpha value is -2.69. The van der Waals surface area contributed by atoms with Crippen molar-refractivity contribution in [2.24, 2.45) is 0 Å². The average Bonchev–Trinajstić information content (AvgIpc) is 2.95. The summed E-state index contributed by atoms with van der Waals surface area (Å²) in [5.74, 6) is 0.517. The first kappa shape index (κ1) is 22.0. The van der Waals surface area contributed by atoms with Crippen LogP contribution in [0.1, 0.15) is 86.9 Å². The van der Waals surface area contributed by atoms with E-state index in [2.05, 4.69) is 4.98 Å². The van der Waals surface area contributed by atoms with Gasteiger partial charge in [-0.05, 0) is 35.4 Å². The van der Waals surface area contributed by atoms with Crippen LogP contribution in [0.25, 0.3) is 0 Å². The molecule has 3 rings (SSSR count). The first-order valence-electron chi connectivity index (χ1n) is 10.6. The molecule has 0 amide bonds. The summed E-state index contributed by atoms with van der Waals surface area (Å²) in [6.45, 7) is 14.9. The van der Waals surface area contributed by atoms with E-state index in [4.69, 9.17) is 5.41 Å². The van der Waals surface area contributed by atoms with Gasteiger partial charge >= 0.3 is 0 Å². The largest absolute Gasteiger partial charge is 0.507 e. The topological polar surface area (TPSA) is 77.3 Å². The number of hydrogen-bond donors (Lipinski definition) is 2. The quantitative estimate of drug-likeness (QED) is 0.702. The SMILES string of the molecule is CCc1ccc2c(n1)C(=N)N(CC(=O)c1cc(C(C)(C)C)c(O)c(C(C)(C)C)c1)C2. The van der Waals surface area contributed by atoms with E-state index in [1.54, 1.807) is 4.90 Å². The number of carbonyl (C=O) groups is 1. The van der Waals surface area contributed by atoms with Gasteiger partial charge in [0.25, 0.3) is 0 Å². The first-order chi connectivity index (χ1) is 13.8. The molecule has 0 aliphatic carbocycles. The molecule has 5 nitrogen and oxygen atoms in total. The summed E-state index contributed by atoms with van der Waals surface area (Å²) in [5, 5.41) is 19.4. The highest BCUT2D eigenvalue weighted by atomic mass is 16.3. The van der Waals surface area contributed by atoms with Gasteiger partial charge in [-0.3, -0.25) is 10.2 Å². The maximum atomic E-state index is 13.2. The lowest BCUT2D eigenvalue weighted by Gasteiger charge is -2.28. The zero-order valence-electron chi connectivity index (χ0n) is 19.2. The third-order valence-electron chi connectivity index (χ3n) is 5.68. The number of nitrogens with zero attached hydrogens (tertiary/aromatic N) is 2.